The molecule has 146 valence electrons. The molecule has 3 heterocycles. The van der Waals surface area contributed by atoms with Gasteiger partial charge in [0.2, 0.25) is 0 Å². The Labute approximate surface area is 162 Å². The van der Waals surface area contributed by atoms with E-state index in [4.69, 9.17) is 14.2 Å². The Kier molecular flexibility index (Phi) is 5.10. The molecule has 1 saturated heterocycles. The maximum Gasteiger partial charge on any atom is 0.359 e. The van der Waals surface area contributed by atoms with Crippen molar-refractivity contribution in [1.29, 1.82) is 0 Å². The number of benzene rings is 1. The fourth-order valence-electron chi connectivity index (χ4n) is 3.46. The van der Waals surface area contributed by atoms with E-state index >= 15 is 0 Å². The summed E-state index contributed by atoms with van der Waals surface area (Å²) < 4.78 is 16.3. The lowest BCUT2D eigenvalue weighted by Crippen LogP contribution is -2.34. The first-order chi connectivity index (χ1) is 13.6. The van der Waals surface area contributed by atoms with E-state index in [0.29, 0.717) is 31.2 Å². The molecule has 0 spiro atoms. The number of hydrogen-bond donors (Lipinski definition) is 0. The number of rotatable bonds is 4. The molecule has 1 aromatic carbocycles. The van der Waals surface area contributed by atoms with Crippen LogP contribution < -0.4 is 9.47 Å². The van der Waals surface area contributed by atoms with Crippen LogP contribution in [0, 0.1) is 6.92 Å². The monoisotopic (exact) mass is 383 g/mol. The minimum absolute atomic E-state index is 0.0683. The van der Waals surface area contributed by atoms with Crippen molar-refractivity contribution in [2.75, 3.05) is 26.4 Å². The molecule has 0 N–H and O–H groups in total. The summed E-state index contributed by atoms with van der Waals surface area (Å²) in [6, 6.07) is 5.69. The number of carbonyl (C=O) groups excluding carboxylic acids is 2. The zero-order valence-electron chi connectivity index (χ0n) is 15.6. The lowest BCUT2D eigenvalue weighted by molar-refractivity contribution is -0.135. The van der Waals surface area contributed by atoms with Crippen LogP contribution in [-0.2, 0) is 9.53 Å². The Hall–Kier alpha value is -3.16. The summed E-state index contributed by atoms with van der Waals surface area (Å²) in [5.74, 6) is 0.535. The normalized spacial score (nSPS) is 18.0. The van der Waals surface area contributed by atoms with Gasteiger partial charge in [0.05, 0.1) is 17.9 Å². The highest BCUT2D eigenvalue weighted by Gasteiger charge is 2.31. The first kappa shape index (κ1) is 18.2. The minimum atomic E-state index is -0.657. The molecule has 0 aliphatic carbocycles. The second kappa shape index (κ2) is 7.84. The molecular weight excluding hydrogens is 362 g/mol. The SMILES string of the molecule is Cc1cnc(C(=O)OCC(=O)N2CCCC2c2ccc3c(c2)OCCO3)cn1. The maximum atomic E-state index is 12.7. The summed E-state index contributed by atoms with van der Waals surface area (Å²) >= 11 is 0. The fourth-order valence-corrected chi connectivity index (χ4v) is 3.46. The van der Waals surface area contributed by atoms with E-state index < -0.39 is 5.97 Å². The van der Waals surface area contributed by atoms with Gasteiger partial charge in [-0.25, -0.2) is 9.78 Å². The van der Waals surface area contributed by atoms with Crippen molar-refractivity contribution in [1.82, 2.24) is 14.9 Å². The lowest BCUT2D eigenvalue weighted by Gasteiger charge is -2.26. The molecule has 28 heavy (non-hydrogen) atoms. The van der Waals surface area contributed by atoms with E-state index in [1.165, 1.54) is 12.4 Å². The number of aryl methyl sites for hydroxylation is 1. The molecule has 0 bridgehead atoms. The Morgan fingerprint density at radius 2 is 2.00 bits per heavy atom. The van der Waals surface area contributed by atoms with Crippen LogP contribution in [0.5, 0.6) is 11.5 Å². The summed E-state index contributed by atoms with van der Waals surface area (Å²) in [5, 5.41) is 0. The highest BCUT2D eigenvalue weighted by molar-refractivity contribution is 5.89. The second-order valence-electron chi connectivity index (χ2n) is 6.77. The lowest BCUT2D eigenvalue weighted by atomic mass is 10.0. The molecule has 2 aromatic rings. The van der Waals surface area contributed by atoms with Crippen LogP contribution in [0.1, 0.15) is 40.6 Å². The largest absolute Gasteiger partial charge is 0.486 e. The highest BCUT2D eigenvalue weighted by Crippen LogP contribution is 2.38. The number of ether oxygens (including phenoxy) is 3. The van der Waals surface area contributed by atoms with Gasteiger partial charge in [-0.3, -0.25) is 9.78 Å². The zero-order chi connectivity index (χ0) is 19.5. The number of esters is 1. The average Bonchev–Trinajstić information content (AvgIpc) is 3.22. The number of aromatic nitrogens is 2. The number of fused-ring (bicyclic) bond motifs is 1. The molecule has 1 atom stereocenters. The number of likely N-dealkylation sites (tertiary alicyclic amines) is 1. The third-order valence-electron chi connectivity index (χ3n) is 4.84. The van der Waals surface area contributed by atoms with Gasteiger partial charge < -0.3 is 19.1 Å². The van der Waals surface area contributed by atoms with E-state index in [9.17, 15) is 9.59 Å². The number of hydrogen-bond acceptors (Lipinski definition) is 7. The first-order valence-corrected chi connectivity index (χ1v) is 9.26. The molecule has 4 rings (SSSR count). The van der Waals surface area contributed by atoms with Crippen molar-refractivity contribution in [2.45, 2.75) is 25.8 Å². The number of amides is 1. The van der Waals surface area contributed by atoms with Gasteiger partial charge in [0.1, 0.15) is 13.2 Å². The zero-order valence-corrected chi connectivity index (χ0v) is 15.6. The summed E-state index contributed by atoms with van der Waals surface area (Å²) in [4.78, 5) is 34.5. The third-order valence-corrected chi connectivity index (χ3v) is 4.84. The van der Waals surface area contributed by atoms with Crippen molar-refractivity contribution >= 4 is 11.9 Å². The highest BCUT2D eigenvalue weighted by atomic mass is 16.6. The van der Waals surface area contributed by atoms with Crippen LogP contribution in [0.25, 0.3) is 0 Å². The first-order valence-electron chi connectivity index (χ1n) is 9.26. The predicted octanol–water partition coefficient (Wildman–Crippen LogP) is 2.08. The van der Waals surface area contributed by atoms with E-state index in [-0.39, 0.29) is 24.2 Å². The average molecular weight is 383 g/mol. The van der Waals surface area contributed by atoms with Crippen LogP contribution in [-0.4, -0.2) is 53.1 Å². The van der Waals surface area contributed by atoms with Crippen molar-refractivity contribution in [3.63, 3.8) is 0 Å². The van der Waals surface area contributed by atoms with Gasteiger partial charge in [-0.1, -0.05) is 6.07 Å². The van der Waals surface area contributed by atoms with Crippen LogP contribution in [0.15, 0.2) is 30.6 Å². The van der Waals surface area contributed by atoms with Crippen molar-refractivity contribution in [2.24, 2.45) is 0 Å². The molecule has 1 aromatic heterocycles. The van der Waals surface area contributed by atoms with Crippen LogP contribution in [0.3, 0.4) is 0 Å². The molecule has 0 saturated carbocycles. The molecule has 0 radical (unpaired) electrons. The minimum Gasteiger partial charge on any atom is -0.486 e. The summed E-state index contributed by atoms with van der Waals surface area (Å²) in [7, 11) is 0. The maximum absolute atomic E-state index is 12.7. The Balaban J connectivity index is 1.41. The molecule has 1 fully saturated rings. The quantitative estimate of drug-likeness (QED) is 0.747. The molecule has 8 heteroatoms. The summed E-state index contributed by atoms with van der Waals surface area (Å²) in [6.07, 6.45) is 4.57. The molecule has 1 amide bonds. The summed E-state index contributed by atoms with van der Waals surface area (Å²) in [5.41, 5.74) is 1.78. The summed E-state index contributed by atoms with van der Waals surface area (Å²) in [6.45, 7) is 3.13. The van der Waals surface area contributed by atoms with Crippen molar-refractivity contribution < 1.29 is 23.8 Å². The van der Waals surface area contributed by atoms with Crippen LogP contribution >= 0.6 is 0 Å². The smallest absolute Gasteiger partial charge is 0.359 e. The van der Waals surface area contributed by atoms with Crippen molar-refractivity contribution in [3.8, 4) is 11.5 Å². The molecular formula is C20H21N3O5. The van der Waals surface area contributed by atoms with Crippen LogP contribution in [0.4, 0.5) is 0 Å². The van der Waals surface area contributed by atoms with Gasteiger partial charge in [0.25, 0.3) is 5.91 Å². The van der Waals surface area contributed by atoms with E-state index in [1.807, 2.05) is 18.2 Å². The predicted molar refractivity (Wildman–Crippen MR) is 98.2 cm³/mol. The van der Waals surface area contributed by atoms with E-state index in [2.05, 4.69) is 9.97 Å². The Morgan fingerprint density at radius 3 is 2.79 bits per heavy atom. The topological polar surface area (TPSA) is 90.9 Å². The van der Waals surface area contributed by atoms with Gasteiger partial charge in [-0.15, -0.1) is 0 Å². The molecule has 8 nitrogen and oxygen atoms in total. The number of carbonyl (C=O) groups is 2. The van der Waals surface area contributed by atoms with E-state index in [1.54, 1.807) is 11.8 Å². The van der Waals surface area contributed by atoms with Gasteiger partial charge in [0.15, 0.2) is 23.8 Å². The third kappa shape index (κ3) is 3.76. The molecule has 2 aliphatic heterocycles. The second-order valence-corrected chi connectivity index (χ2v) is 6.77. The Bertz CT molecular complexity index is 884. The van der Waals surface area contributed by atoms with Gasteiger partial charge in [0, 0.05) is 12.7 Å². The van der Waals surface area contributed by atoms with Gasteiger partial charge in [-0.2, -0.15) is 0 Å². The van der Waals surface area contributed by atoms with Crippen molar-refractivity contribution in [3.05, 3.63) is 47.5 Å². The van der Waals surface area contributed by atoms with Gasteiger partial charge in [-0.05, 0) is 37.5 Å². The van der Waals surface area contributed by atoms with Gasteiger partial charge >= 0.3 is 5.97 Å². The van der Waals surface area contributed by atoms with E-state index in [0.717, 1.165) is 24.2 Å². The Morgan fingerprint density at radius 1 is 1.18 bits per heavy atom. The standard InChI is InChI=1S/C20H21N3O5/c1-13-10-22-15(11-21-13)20(25)28-12-19(24)23-6-2-3-16(23)14-4-5-17-18(9-14)27-8-7-26-17/h4-5,9-11,16H,2-3,6-8,12H2,1H3. The molecule has 2 aliphatic rings. The fraction of sp³-hybridized carbons (Fsp3) is 0.400. The number of nitrogens with zero attached hydrogens (tertiary/aromatic N) is 3. The molecule has 1 unspecified atom stereocenters. The van der Waals surface area contributed by atoms with Crippen LogP contribution in [0.2, 0.25) is 0 Å².